The highest BCUT2D eigenvalue weighted by molar-refractivity contribution is 5.73. The molecule has 3 heterocycles. The highest BCUT2D eigenvalue weighted by Crippen LogP contribution is 2.49. The molecule has 3 fully saturated rings. The van der Waals surface area contributed by atoms with Gasteiger partial charge in [0.15, 0.2) is 0 Å². The number of aryl methyl sites for hydroxylation is 1. The van der Waals surface area contributed by atoms with Crippen molar-refractivity contribution in [3.8, 4) is 28.8 Å². The fourth-order valence-electron chi connectivity index (χ4n) is 4.61. The second-order valence-electron chi connectivity index (χ2n) is 9.08. The van der Waals surface area contributed by atoms with Crippen molar-refractivity contribution < 1.29 is 14.2 Å². The smallest absolute Gasteiger partial charge is 0.254 e. The van der Waals surface area contributed by atoms with Crippen LogP contribution >= 0.6 is 0 Å². The molecule has 1 saturated heterocycles. The van der Waals surface area contributed by atoms with Crippen LogP contribution in [0.2, 0.25) is 0 Å². The molecule has 1 aromatic carbocycles. The zero-order valence-corrected chi connectivity index (χ0v) is 17.7. The van der Waals surface area contributed by atoms with E-state index in [9.17, 15) is 4.79 Å². The molecule has 0 radical (unpaired) electrons. The molecule has 2 saturated carbocycles. The van der Waals surface area contributed by atoms with Gasteiger partial charge in [-0.3, -0.25) is 4.79 Å². The molecule has 5 nitrogen and oxygen atoms in total. The molecule has 160 valence electrons. The summed E-state index contributed by atoms with van der Waals surface area (Å²) in [7, 11) is 0. The van der Waals surface area contributed by atoms with Gasteiger partial charge in [0.25, 0.3) is 5.56 Å². The lowest BCUT2D eigenvalue weighted by molar-refractivity contribution is -0.101. The molecule has 4 aliphatic rings. The third-order valence-corrected chi connectivity index (χ3v) is 6.57. The van der Waals surface area contributed by atoms with Crippen molar-refractivity contribution in [3.05, 3.63) is 51.3 Å². The highest BCUT2D eigenvalue weighted by Gasteiger charge is 2.34. The summed E-state index contributed by atoms with van der Waals surface area (Å²) in [6, 6.07) is 8.16. The number of benzene rings is 1. The van der Waals surface area contributed by atoms with Crippen molar-refractivity contribution in [2.45, 2.75) is 50.7 Å². The van der Waals surface area contributed by atoms with Gasteiger partial charge < -0.3 is 18.8 Å². The third-order valence-electron chi connectivity index (χ3n) is 6.57. The van der Waals surface area contributed by atoms with E-state index in [0.717, 1.165) is 41.8 Å². The van der Waals surface area contributed by atoms with E-state index in [4.69, 9.17) is 14.2 Å². The second-order valence-corrected chi connectivity index (χ2v) is 9.08. The van der Waals surface area contributed by atoms with Crippen molar-refractivity contribution in [1.82, 2.24) is 4.57 Å². The minimum absolute atomic E-state index is 0.0125. The summed E-state index contributed by atoms with van der Waals surface area (Å²) in [5.41, 5.74) is 5.77. The molecule has 5 heteroatoms. The molecule has 0 unspecified atom stereocenters. The molecule has 0 spiro atoms. The van der Waals surface area contributed by atoms with E-state index in [0.29, 0.717) is 44.8 Å². The van der Waals surface area contributed by atoms with Crippen LogP contribution in [0.3, 0.4) is 0 Å². The van der Waals surface area contributed by atoms with Crippen molar-refractivity contribution in [3.63, 3.8) is 0 Å². The van der Waals surface area contributed by atoms with Gasteiger partial charge in [0.2, 0.25) is 0 Å². The van der Waals surface area contributed by atoms with E-state index in [1.165, 1.54) is 24.0 Å². The Morgan fingerprint density at radius 3 is 2.81 bits per heavy atom. The Morgan fingerprint density at radius 1 is 1.13 bits per heavy atom. The first-order valence-corrected chi connectivity index (χ1v) is 11.5. The molecule has 0 bridgehead atoms. The zero-order chi connectivity index (χ0) is 20.8. The summed E-state index contributed by atoms with van der Waals surface area (Å²) in [5, 5.41) is 0. The number of ether oxygens (including phenoxy) is 3. The number of nitrogens with zero attached hydrogens (tertiary/aromatic N) is 1. The maximum Gasteiger partial charge on any atom is 0.254 e. The number of rotatable bonds is 4. The summed E-state index contributed by atoms with van der Waals surface area (Å²) in [6.45, 7) is 2.88. The Labute approximate surface area is 182 Å². The Balaban J connectivity index is 1.38. The molecule has 2 aliphatic heterocycles. The van der Waals surface area contributed by atoms with Crippen LogP contribution in [0.1, 0.15) is 48.3 Å². The Kier molecular flexibility index (Phi) is 4.85. The molecule has 2 aromatic rings. The average Bonchev–Trinajstić information content (AvgIpc) is 3.71. The monoisotopic (exact) mass is 417 g/mol. The SMILES string of the molecule is O=c1cc(OC[C@@H]2COCCO2)c(C2CC2)c2n1CCc1cc(C#CC3CC3)ccc1-2. The highest BCUT2D eigenvalue weighted by atomic mass is 16.6. The summed E-state index contributed by atoms with van der Waals surface area (Å²) in [6.07, 6.45) is 5.54. The van der Waals surface area contributed by atoms with E-state index in [1.54, 1.807) is 6.07 Å². The van der Waals surface area contributed by atoms with Gasteiger partial charge in [0.05, 0.1) is 25.5 Å². The first-order valence-electron chi connectivity index (χ1n) is 11.5. The summed E-state index contributed by atoms with van der Waals surface area (Å²) in [5.74, 6) is 8.47. The number of hydrogen-bond donors (Lipinski definition) is 0. The lowest BCUT2D eigenvalue weighted by Crippen LogP contribution is -2.34. The van der Waals surface area contributed by atoms with Gasteiger partial charge in [-0.05, 0) is 55.7 Å². The Bertz CT molecular complexity index is 1120. The third kappa shape index (κ3) is 3.91. The second kappa shape index (κ2) is 7.85. The van der Waals surface area contributed by atoms with Crippen LogP contribution < -0.4 is 10.3 Å². The quantitative estimate of drug-likeness (QED) is 0.715. The zero-order valence-electron chi connectivity index (χ0n) is 17.7. The van der Waals surface area contributed by atoms with Crippen LogP contribution in [0.4, 0.5) is 0 Å². The van der Waals surface area contributed by atoms with Gasteiger partial charge in [-0.15, -0.1) is 0 Å². The molecule has 31 heavy (non-hydrogen) atoms. The van der Waals surface area contributed by atoms with Crippen LogP contribution in [0.25, 0.3) is 11.3 Å². The van der Waals surface area contributed by atoms with E-state index >= 15 is 0 Å². The van der Waals surface area contributed by atoms with Crippen LogP contribution in [-0.2, 0) is 22.4 Å². The maximum absolute atomic E-state index is 13.0. The Morgan fingerprint density at radius 2 is 2.03 bits per heavy atom. The lowest BCUT2D eigenvalue weighted by atomic mass is 9.91. The number of hydrogen-bond acceptors (Lipinski definition) is 4. The van der Waals surface area contributed by atoms with Crippen molar-refractivity contribution in [2.24, 2.45) is 5.92 Å². The van der Waals surface area contributed by atoms with Crippen LogP contribution in [0.15, 0.2) is 29.1 Å². The molecule has 0 amide bonds. The van der Waals surface area contributed by atoms with Crippen molar-refractivity contribution in [2.75, 3.05) is 26.4 Å². The normalized spacial score (nSPS) is 22.1. The first-order chi connectivity index (χ1) is 15.3. The number of aromatic nitrogens is 1. The van der Waals surface area contributed by atoms with Crippen molar-refractivity contribution in [1.29, 1.82) is 0 Å². The topological polar surface area (TPSA) is 49.7 Å². The predicted octanol–water partition coefficient (Wildman–Crippen LogP) is 3.50. The van der Waals surface area contributed by atoms with Gasteiger partial charge in [0, 0.05) is 35.2 Å². The standard InChI is InChI=1S/C26H27NO4/c28-24-14-23(31-16-21-15-29-11-12-30-21)25(19-6-7-19)26-22-8-5-18(4-3-17-1-2-17)13-20(22)9-10-27(24)26/h5,8,13-14,17,19,21H,1-2,6-7,9-12,15-16H2/t21-/m0/s1. The molecule has 1 atom stereocenters. The number of pyridine rings is 1. The summed E-state index contributed by atoms with van der Waals surface area (Å²) in [4.78, 5) is 13.0. The molecule has 2 aliphatic carbocycles. The minimum atomic E-state index is -0.0838. The molecular weight excluding hydrogens is 390 g/mol. The lowest BCUT2D eigenvalue weighted by Gasteiger charge is -2.27. The van der Waals surface area contributed by atoms with E-state index in [-0.39, 0.29) is 11.7 Å². The first kappa shape index (κ1) is 19.2. The van der Waals surface area contributed by atoms with Gasteiger partial charge in [-0.25, -0.2) is 0 Å². The minimum Gasteiger partial charge on any atom is -0.490 e. The largest absolute Gasteiger partial charge is 0.490 e. The maximum atomic E-state index is 13.0. The summed E-state index contributed by atoms with van der Waals surface area (Å²) < 4.78 is 19.4. The van der Waals surface area contributed by atoms with Crippen LogP contribution in [0.5, 0.6) is 5.75 Å². The predicted molar refractivity (Wildman–Crippen MR) is 117 cm³/mol. The molecule has 1 aromatic heterocycles. The van der Waals surface area contributed by atoms with Gasteiger partial charge in [-0.2, -0.15) is 0 Å². The Hall–Kier alpha value is -2.55. The van der Waals surface area contributed by atoms with E-state index in [2.05, 4.69) is 30.0 Å². The van der Waals surface area contributed by atoms with Gasteiger partial charge in [-0.1, -0.05) is 17.9 Å². The molecular formula is C26H27NO4. The fourth-order valence-corrected chi connectivity index (χ4v) is 4.61. The van der Waals surface area contributed by atoms with Gasteiger partial charge in [0.1, 0.15) is 18.5 Å². The molecule has 0 N–H and O–H groups in total. The van der Waals surface area contributed by atoms with Gasteiger partial charge >= 0.3 is 0 Å². The fraction of sp³-hybridized carbons (Fsp3) is 0.500. The van der Waals surface area contributed by atoms with Crippen LogP contribution in [-0.4, -0.2) is 37.1 Å². The summed E-state index contributed by atoms with van der Waals surface area (Å²) >= 11 is 0. The molecule has 6 rings (SSSR count). The number of fused-ring (bicyclic) bond motifs is 3. The van der Waals surface area contributed by atoms with Crippen LogP contribution in [0, 0.1) is 17.8 Å². The van der Waals surface area contributed by atoms with E-state index in [1.807, 2.05) is 4.57 Å². The average molecular weight is 418 g/mol. The van der Waals surface area contributed by atoms with Crippen molar-refractivity contribution >= 4 is 0 Å². The van der Waals surface area contributed by atoms with E-state index < -0.39 is 0 Å².